The maximum absolute atomic E-state index is 11.8. The van der Waals surface area contributed by atoms with Gasteiger partial charge in [-0.3, -0.25) is 4.79 Å². The molecule has 0 amide bonds. The Kier molecular flexibility index (Phi) is 2.75. The largest absolute Gasteiger partial charge is 0.450 e. The molecule has 0 bridgehead atoms. The molecule has 1 aromatic heterocycles. The Balaban J connectivity index is 2.65. The van der Waals surface area contributed by atoms with Gasteiger partial charge in [0.1, 0.15) is 0 Å². The Labute approximate surface area is 77.2 Å². The topological polar surface area (TPSA) is 17.1 Å². The number of carbonyl (C=O) groups is 1. The van der Waals surface area contributed by atoms with E-state index in [4.69, 9.17) is 0 Å². The van der Waals surface area contributed by atoms with Crippen LogP contribution in [0.5, 0.6) is 0 Å². The molecule has 0 fully saturated rings. The minimum atomic E-state index is -4.71. The molecule has 0 saturated carbocycles. The van der Waals surface area contributed by atoms with E-state index in [0.29, 0.717) is 4.88 Å². The number of thiophene rings is 1. The van der Waals surface area contributed by atoms with E-state index < -0.39 is 18.4 Å². The second-order valence-electron chi connectivity index (χ2n) is 2.69. The molecule has 0 atom stereocenters. The second kappa shape index (κ2) is 3.49. The van der Waals surface area contributed by atoms with Crippen molar-refractivity contribution in [2.45, 2.75) is 19.5 Å². The summed E-state index contributed by atoms with van der Waals surface area (Å²) in [4.78, 5) is 11.0. The summed E-state index contributed by atoms with van der Waals surface area (Å²) in [5.74, 6) is -1.69. The molecule has 0 aliphatic rings. The first-order chi connectivity index (χ1) is 5.89. The molecule has 1 nitrogen and oxygen atoms in total. The van der Waals surface area contributed by atoms with Gasteiger partial charge in [-0.05, 0) is 23.9 Å². The molecule has 0 saturated heterocycles. The molecule has 0 unspecified atom stereocenters. The van der Waals surface area contributed by atoms with Gasteiger partial charge in [-0.15, -0.1) is 11.3 Å². The van der Waals surface area contributed by atoms with E-state index in [9.17, 15) is 18.0 Å². The van der Waals surface area contributed by atoms with Gasteiger partial charge in [-0.25, -0.2) is 0 Å². The molecule has 1 aromatic rings. The number of rotatable bonds is 2. The lowest BCUT2D eigenvalue weighted by Crippen LogP contribution is -2.24. The fourth-order valence-corrected chi connectivity index (χ4v) is 1.72. The van der Waals surface area contributed by atoms with E-state index in [-0.39, 0.29) is 0 Å². The highest BCUT2D eigenvalue weighted by atomic mass is 32.1. The number of hydrogen-bond donors (Lipinski definition) is 0. The van der Waals surface area contributed by atoms with Crippen LogP contribution in [-0.4, -0.2) is 12.0 Å². The van der Waals surface area contributed by atoms with E-state index in [1.54, 1.807) is 18.4 Å². The molecular formula is C8H7F3OS. The molecule has 0 N–H and O–H groups in total. The Morgan fingerprint density at radius 3 is 2.54 bits per heavy atom. The van der Waals surface area contributed by atoms with Crippen molar-refractivity contribution >= 4 is 17.1 Å². The first-order valence-corrected chi connectivity index (χ1v) is 4.41. The van der Waals surface area contributed by atoms with Crippen LogP contribution in [-0.2, 0) is 11.2 Å². The number of alkyl halides is 3. The summed E-state index contributed by atoms with van der Waals surface area (Å²) in [5, 5.41) is 1.72. The molecular weight excluding hydrogens is 201 g/mol. The summed E-state index contributed by atoms with van der Waals surface area (Å²) in [7, 11) is 0. The Morgan fingerprint density at radius 1 is 1.54 bits per heavy atom. The summed E-state index contributed by atoms with van der Waals surface area (Å²) >= 11 is 1.17. The first kappa shape index (κ1) is 10.2. The number of ketones is 1. The standard InChI is InChI=1S/C8H7F3OS/c1-5-2-6(13-4-5)3-7(12)8(9,10)11/h2,4H,3H2,1H3. The van der Waals surface area contributed by atoms with Crippen molar-refractivity contribution in [2.75, 3.05) is 0 Å². The van der Waals surface area contributed by atoms with Crippen molar-refractivity contribution in [3.63, 3.8) is 0 Å². The first-order valence-electron chi connectivity index (χ1n) is 3.53. The lowest BCUT2D eigenvalue weighted by molar-refractivity contribution is -0.170. The number of carbonyl (C=O) groups excluding carboxylic acids is 1. The SMILES string of the molecule is Cc1csc(CC(=O)C(F)(F)F)c1. The summed E-state index contributed by atoms with van der Waals surface area (Å²) in [6.45, 7) is 1.78. The smallest absolute Gasteiger partial charge is 0.289 e. The van der Waals surface area contributed by atoms with Crippen LogP contribution >= 0.6 is 11.3 Å². The van der Waals surface area contributed by atoms with E-state index in [0.717, 1.165) is 5.56 Å². The van der Waals surface area contributed by atoms with Crippen LogP contribution in [0.15, 0.2) is 11.4 Å². The van der Waals surface area contributed by atoms with Crippen molar-refractivity contribution in [1.29, 1.82) is 0 Å². The Bertz CT molecular complexity index is 313. The van der Waals surface area contributed by atoms with Crippen molar-refractivity contribution < 1.29 is 18.0 Å². The van der Waals surface area contributed by atoms with Crippen LogP contribution in [0.2, 0.25) is 0 Å². The lowest BCUT2D eigenvalue weighted by Gasteiger charge is -2.02. The fraction of sp³-hybridized carbons (Fsp3) is 0.375. The minimum absolute atomic E-state index is 0.458. The van der Waals surface area contributed by atoms with Gasteiger partial charge in [0.05, 0.1) is 6.42 Å². The van der Waals surface area contributed by atoms with Crippen LogP contribution in [0.25, 0.3) is 0 Å². The molecule has 1 rings (SSSR count). The maximum atomic E-state index is 11.8. The van der Waals surface area contributed by atoms with Crippen LogP contribution in [0.3, 0.4) is 0 Å². The van der Waals surface area contributed by atoms with E-state index in [1.165, 1.54) is 11.3 Å². The van der Waals surface area contributed by atoms with Gasteiger partial charge >= 0.3 is 6.18 Å². The zero-order valence-electron chi connectivity index (χ0n) is 6.81. The van der Waals surface area contributed by atoms with Gasteiger partial charge < -0.3 is 0 Å². The van der Waals surface area contributed by atoms with Crippen LogP contribution < -0.4 is 0 Å². The molecule has 0 aromatic carbocycles. The number of Topliss-reactive ketones (excluding diaryl/α,β-unsaturated/α-hetero) is 1. The van der Waals surface area contributed by atoms with Crippen molar-refractivity contribution in [2.24, 2.45) is 0 Å². The highest BCUT2D eigenvalue weighted by Crippen LogP contribution is 2.21. The Morgan fingerprint density at radius 2 is 2.15 bits per heavy atom. The normalized spacial score (nSPS) is 11.7. The van der Waals surface area contributed by atoms with Crippen molar-refractivity contribution in [1.82, 2.24) is 0 Å². The zero-order chi connectivity index (χ0) is 10.1. The van der Waals surface area contributed by atoms with Crippen LogP contribution in [0, 0.1) is 6.92 Å². The molecule has 0 radical (unpaired) electrons. The van der Waals surface area contributed by atoms with Crippen molar-refractivity contribution in [3.8, 4) is 0 Å². The van der Waals surface area contributed by atoms with Crippen molar-refractivity contribution in [3.05, 3.63) is 21.9 Å². The molecule has 0 aliphatic heterocycles. The molecule has 72 valence electrons. The van der Waals surface area contributed by atoms with Gasteiger partial charge in [-0.1, -0.05) is 0 Å². The van der Waals surface area contributed by atoms with E-state index in [1.807, 2.05) is 0 Å². The summed E-state index contributed by atoms with van der Waals surface area (Å²) in [6, 6.07) is 1.59. The second-order valence-corrected chi connectivity index (χ2v) is 3.68. The predicted octanol–water partition coefficient (Wildman–Crippen LogP) is 2.73. The van der Waals surface area contributed by atoms with Gasteiger partial charge in [0, 0.05) is 4.88 Å². The van der Waals surface area contributed by atoms with Gasteiger partial charge in [0.2, 0.25) is 5.78 Å². The van der Waals surface area contributed by atoms with Crippen LogP contribution in [0.1, 0.15) is 10.4 Å². The van der Waals surface area contributed by atoms with Crippen LogP contribution in [0.4, 0.5) is 13.2 Å². The lowest BCUT2D eigenvalue weighted by atomic mass is 10.2. The molecule has 0 aliphatic carbocycles. The maximum Gasteiger partial charge on any atom is 0.450 e. The average molecular weight is 208 g/mol. The predicted molar refractivity (Wildman–Crippen MR) is 43.8 cm³/mol. The highest BCUT2D eigenvalue weighted by molar-refractivity contribution is 7.10. The molecule has 1 heterocycles. The Hall–Kier alpha value is -0.840. The molecule has 13 heavy (non-hydrogen) atoms. The van der Waals surface area contributed by atoms with Gasteiger partial charge in [0.25, 0.3) is 0 Å². The van der Waals surface area contributed by atoms with E-state index in [2.05, 4.69) is 0 Å². The minimum Gasteiger partial charge on any atom is -0.289 e. The summed E-state index contributed by atoms with van der Waals surface area (Å²) < 4.78 is 35.4. The fourth-order valence-electron chi connectivity index (χ4n) is 0.842. The van der Waals surface area contributed by atoms with E-state index >= 15 is 0 Å². The molecule has 5 heteroatoms. The number of hydrogen-bond acceptors (Lipinski definition) is 2. The summed E-state index contributed by atoms with van der Waals surface area (Å²) in [5.41, 5.74) is 0.884. The van der Waals surface area contributed by atoms with Gasteiger partial charge in [0.15, 0.2) is 0 Å². The third kappa shape index (κ3) is 2.84. The highest BCUT2D eigenvalue weighted by Gasteiger charge is 2.37. The third-order valence-electron chi connectivity index (χ3n) is 1.44. The summed E-state index contributed by atoms with van der Waals surface area (Å²) in [6.07, 6.45) is -5.25. The zero-order valence-corrected chi connectivity index (χ0v) is 7.63. The molecule has 0 spiro atoms. The number of aryl methyl sites for hydroxylation is 1. The van der Waals surface area contributed by atoms with Gasteiger partial charge in [-0.2, -0.15) is 13.2 Å². The average Bonchev–Trinajstić information content (AvgIpc) is 2.33. The monoisotopic (exact) mass is 208 g/mol. The third-order valence-corrected chi connectivity index (χ3v) is 2.49. The number of halogens is 3. The quantitative estimate of drug-likeness (QED) is 0.730.